The molecule has 0 saturated carbocycles. The van der Waals surface area contributed by atoms with Crippen LogP contribution in [0.4, 0.5) is 0 Å². The molecule has 0 heterocycles. The summed E-state index contributed by atoms with van der Waals surface area (Å²) in [5.74, 6) is 0.438. The molecule has 0 fully saturated rings. The predicted octanol–water partition coefficient (Wildman–Crippen LogP) is 5.15. The van der Waals surface area contributed by atoms with Gasteiger partial charge in [0.2, 0.25) is 0 Å². The van der Waals surface area contributed by atoms with E-state index in [9.17, 15) is 10.2 Å². The molecule has 0 amide bonds. The van der Waals surface area contributed by atoms with Gasteiger partial charge >= 0.3 is 0 Å². The number of rotatable bonds is 3. The number of phenols is 2. The molecule has 138 valence electrons. The highest BCUT2D eigenvalue weighted by atomic mass is 16.3. The average Bonchev–Trinajstić information content (AvgIpc) is 2.52. The molecule has 4 nitrogen and oxygen atoms in total. The summed E-state index contributed by atoms with van der Waals surface area (Å²) in [4.78, 5) is 0. The second kappa shape index (κ2) is 7.32. The first-order chi connectivity index (χ1) is 12.0. The van der Waals surface area contributed by atoms with Crippen LogP contribution in [-0.4, -0.2) is 22.6 Å². The van der Waals surface area contributed by atoms with E-state index in [1.165, 1.54) is 12.4 Å². The van der Waals surface area contributed by atoms with Gasteiger partial charge in [0.15, 0.2) is 0 Å². The molecule has 0 aliphatic rings. The summed E-state index contributed by atoms with van der Waals surface area (Å²) < 4.78 is 0. The van der Waals surface area contributed by atoms with Crippen molar-refractivity contribution in [3.63, 3.8) is 0 Å². The maximum Gasteiger partial charge on any atom is 0.128 e. The molecule has 2 aromatic carbocycles. The number of phenolic OH excluding ortho intramolecular Hbond substituents is 2. The van der Waals surface area contributed by atoms with Crippen molar-refractivity contribution in [1.29, 1.82) is 0 Å². The summed E-state index contributed by atoms with van der Waals surface area (Å²) in [6.07, 6.45) is 3.04. The van der Waals surface area contributed by atoms with E-state index < -0.39 is 0 Å². The fourth-order valence-electron chi connectivity index (χ4n) is 2.73. The van der Waals surface area contributed by atoms with Gasteiger partial charge in [-0.2, -0.15) is 10.2 Å². The Bertz CT molecular complexity index is 767. The number of nitrogens with zero attached hydrogens (tertiary/aromatic N) is 2. The van der Waals surface area contributed by atoms with Crippen LogP contribution < -0.4 is 0 Å². The van der Waals surface area contributed by atoms with Crippen molar-refractivity contribution < 1.29 is 10.2 Å². The second-order valence-electron chi connectivity index (χ2n) is 8.48. The molecule has 0 spiro atoms. The Morgan fingerprint density at radius 1 is 0.654 bits per heavy atom. The Morgan fingerprint density at radius 3 is 1.31 bits per heavy atom. The van der Waals surface area contributed by atoms with E-state index >= 15 is 0 Å². The summed E-state index contributed by atoms with van der Waals surface area (Å²) in [7, 11) is 0. The minimum Gasteiger partial charge on any atom is -0.507 e. The molecule has 0 unspecified atom stereocenters. The quantitative estimate of drug-likeness (QED) is 0.593. The Kier molecular flexibility index (Phi) is 5.55. The molecule has 0 radical (unpaired) electrons. The molecule has 0 aliphatic carbocycles. The zero-order valence-electron chi connectivity index (χ0n) is 16.4. The minimum absolute atomic E-state index is 0.156. The predicted molar refractivity (Wildman–Crippen MR) is 109 cm³/mol. The van der Waals surface area contributed by atoms with E-state index in [1.807, 2.05) is 65.8 Å². The number of hydrogen-bond donors (Lipinski definition) is 2. The van der Waals surface area contributed by atoms with Gasteiger partial charge in [0.1, 0.15) is 11.5 Å². The van der Waals surface area contributed by atoms with Gasteiger partial charge in [-0.3, -0.25) is 0 Å². The van der Waals surface area contributed by atoms with Gasteiger partial charge in [0.05, 0.1) is 12.4 Å². The maximum absolute atomic E-state index is 10.4. The molecule has 0 bridgehead atoms. The zero-order valence-corrected chi connectivity index (χ0v) is 16.4. The minimum atomic E-state index is -0.156. The van der Waals surface area contributed by atoms with Crippen LogP contribution in [0.1, 0.15) is 63.8 Å². The van der Waals surface area contributed by atoms with E-state index in [4.69, 9.17) is 0 Å². The van der Waals surface area contributed by atoms with Gasteiger partial charge in [-0.15, -0.1) is 0 Å². The van der Waals surface area contributed by atoms with Crippen LogP contribution >= 0.6 is 0 Å². The van der Waals surface area contributed by atoms with Crippen molar-refractivity contribution in [3.05, 3.63) is 58.7 Å². The molecule has 2 aromatic rings. The first-order valence-corrected chi connectivity index (χ1v) is 8.73. The van der Waals surface area contributed by atoms with Gasteiger partial charge in [-0.05, 0) is 34.1 Å². The van der Waals surface area contributed by atoms with Gasteiger partial charge in [-0.25, -0.2) is 0 Å². The molecule has 2 N–H and O–H groups in total. The normalized spacial score (nSPS) is 13.0. The second-order valence-corrected chi connectivity index (χ2v) is 8.48. The molecule has 0 saturated heterocycles. The number of para-hydroxylation sites is 2. The summed E-state index contributed by atoms with van der Waals surface area (Å²) >= 11 is 0. The van der Waals surface area contributed by atoms with Crippen LogP contribution in [0, 0.1) is 0 Å². The molecule has 0 aliphatic heterocycles. The van der Waals surface area contributed by atoms with Crippen LogP contribution in [0.15, 0.2) is 46.6 Å². The van der Waals surface area contributed by atoms with Crippen molar-refractivity contribution >= 4 is 12.4 Å². The van der Waals surface area contributed by atoms with Crippen LogP contribution in [0.5, 0.6) is 11.5 Å². The van der Waals surface area contributed by atoms with E-state index in [0.717, 1.165) is 11.1 Å². The van der Waals surface area contributed by atoms with Gasteiger partial charge in [0.25, 0.3) is 0 Å². The molecule has 2 rings (SSSR count). The lowest BCUT2D eigenvalue weighted by atomic mass is 9.85. The fraction of sp³-hybridized carbons (Fsp3) is 0.364. The third kappa shape index (κ3) is 4.51. The van der Waals surface area contributed by atoms with Gasteiger partial charge in [0, 0.05) is 11.1 Å². The van der Waals surface area contributed by atoms with Gasteiger partial charge < -0.3 is 10.2 Å². The molecule has 0 atom stereocenters. The van der Waals surface area contributed by atoms with E-state index in [-0.39, 0.29) is 22.3 Å². The van der Waals surface area contributed by atoms with E-state index in [1.54, 1.807) is 12.1 Å². The highest BCUT2D eigenvalue weighted by molar-refractivity contribution is 5.87. The van der Waals surface area contributed by atoms with Crippen molar-refractivity contribution in [2.75, 3.05) is 0 Å². The Morgan fingerprint density at radius 2 is 1.00 bits per heavy atom. The standard InChI is InChI=1S/C22H28N2O2/c1-21(2,3)17-11-7-9-15(19(17)25)13-23-24-14-16-10-8-12-18(20(16)26)22(4,5)6/h7-14,25-26H,1-6H3/b23-13+,24-14+. The SMILES string of the molecule is CC(C)(C)c1cccc(/C=N/N=C/c2cccc(C(C)(C)C)c2O)c1O. The molecular weight excluding hydrogens is 324 g/mol. The highest BCUT2D eigenvalue weighted by Gasteiger charge is 2.20. The third-order valence-corrected chi connectivity index (χ3v) is 4.21. The van der Waals surface area contributed by atoms with Crippen LogP contribution in [0.25, 0.3) is 0 Å². The first-order valence-electron chi connectivity index (χ1n) is 8.73. The van der Waals surface area contributed by atoms with Crippen LogP contribution in [-0.2, 0) is 10.8 Å². The number of hydrogen-bond acceptors (Lipinski definition) is 4. The van der Waals surface area contributed by atoms with Crippen molar-refractivity contribution in [1.82, 2.24) is 0 Å². The fourth-order valence-corrected chi connectivity index (χ4v) is 2.73. The average molecular weight is 352 g/mol. The zero-order chi connectivity index (χ0) is 19.5. The Balaban J connectivity index is 2.25. The lowest BCUT2D eigenvalue weighted by molar-refractivity contribution is 0.445. The van der Waals surface area contributed by atoms with Gasteiger partial charge in [-0.1, -0.05) is 65.8 Å². The summed E-state index contributed by atoms with van der Waals surface area (Å²) in [5, 5.41) is 28.9. The number of benzene rings is 2. The van der Waals surface area contributed by atoms with E-state index in [0.29, 0.717) is 11.1 Å². The molecule has 26 heavy (non-hydrogen) atoms. The summed E-state index contributed by atoms with van der Waals surface area (Å²) in [6.45, 7) is 12.3. The largest absolute Gasteiger partial charge is 0.507 e. The summed E-state index contributed by atoms with van der Waals surface area (Å²) in [6, 6.07) is 11.2. The Hall–Kier alpha value is -2.62. The van der Waals surface area contributed by atoms with Crippen LogP contribution in [0.3, 0.4) is 0 Å². The van der Waals surface area contributed by atoms with Crippen LogP contribution in [0.2, 0.25) is 0 Å². The first kappa shape index (κ1) is 19.7. The third-order valence-electron chi connectivity index (χ3n) is 4.21. The lowest BCUT2D eigenvalue weighted by Crippen LogP contribution is -2.12. The summed E-state index contributed by atoms with van der Waals surface area (Å²) in [5.41, 5.74) is 2.64. The topological polar surface area (TPSA) is 65.2 Å². The number of aromatic hydroxyl groups is 2. The molecule has 4 heteroatoms. The highest BCUT2D eigenvalue weighted by Crippen LogP contribution is 2.33. The van der Waals surface area contributed by atoms with Crippen molar-refractivity contribution in [2.24, 2.45) is 10.2 Å². The Labute approximate surface area is 155 Å². The maximum atomic E-state index is 10.4. The van der Waals surface area contributed by atoms with Crippen molar-refractivity contribution in [3.8, 4) is 11.5 Å². The van der Waals surface area contributed by atoms with Crippen molar-refractivity contribution in [2.45, 2.75) is 52.4 Å². The molecule has 0 aromatic heterocycles. The monoisotopic (exact) mass is 352 g/mol. The molecular formula is C22H28N2O2. The smallest absolute Gasteiger partial charge is 0.128 e. The lowest BCUT2D eigenvalue weighted by Gasteiger charge is -2.21. The van der Waals surface area contributed by atoms with E-state index in [2.05, 4.69) is 10.2 Å².